The van der Waals surface area contributed by atoms with Crippen molar-refractivity contribution in [3.63, 3.8) is 0 Å². The number of sulfone groups is 1. The number of rotatable bonds is 6. The maximum Gasteiger partial charge on any atom is 0.147 e. The zero-order valence-corrected chi connectivity index (χ0v) is 14.9. The molecule has 22 heavy (non-hydrogen) atoms. The van der Waals surface area contributed by atoms with Crippen molar-refractivity contribution in [1.29, 1.82) is 0 Å². The molecule has 1 aromatic carbocycles. The predicted octanol–water partition coefficient (Wildman–Crippen LogP) is 2.45. The van der Waals surface area contributed by atoms with Crippen LogP contribution in [0.3, 0.4) is 0 Å². The molecule has 1 aliphatic rings. The van der Waals surface area contributed by atoms with Crippen LogP contribution in [0, 0.1) is 0 Å². The van der Waals surface area contributed by atoms with Crippen molar-refractivity contribution in [2.75, 3.05) is 44.7 Å². The van der Waals surface area contributed by atoms with E-state index in [-0.39, 0.29) is 5.75 Å². The Labute approximate surface area is 139 Å². The van der Waals surface area contributed by atoms with E-state index in [0.29, 0.717) is 6.04 Å². The Hall–Kier alpha value is -0.620. The van der Waals surface area contributed by atoms with E-state index in [2.05, 4.69) is 28.9 Å². The summed E-state index contributed by atoms with van der Waals surface area (Å²) in [5.41, 5.74) is 1.29. The van der Waals surface area contributed by atoms with E-state index in [1.165, 1.54) is 11.8 Å². The van der Waals surface area contributed by atoms with E-state index in [4.69, 9.17) is 11.6 Å². The highest BCUT2D eigenvalue weighted by Gasteiger charge is 2.21. The molecule has 1 aromatic rings. The van der Waals surface area contributed by atoms with E-state index in [1.54, 1.807) is 0 Å². The van der Waals surface area contributed by atoms with Gasteiger partial charge in [0.15, 0.2) is 0 Å². The van der Waals surface area contributed by atoms with Crippen LogP contribution in [0.25, 0.3) is 0 Å². The lowest BCUT2D eigenvalue weighted by atomic mass is 10.1. The summed E-state index contributed by atoms with van der Waals surface area (Å²) >= 11 is 5.94. The van der Waals surface area contributed by atoms with Crippen molar-refractivity contribution in [2.45, 2.75) is 19.4 Å². The summed E-state index contributed by atoms with van der Waals surface area (Å²) in [6, 6.07) is 8.44. The van der Waals surface area contributed by atoms with Gasteiger partial charge in [0.05, 0.1) is 5.75 Å². The topological polar surface area (TPSA) is 40.6 Å². The van der Waals surface area contributed by atoms with Crippen LogP contribution in [0.1, 0.15) is 24.9 Å². The Morgan fingerprint density at radius 1 is 1.14 bits per heavy atom. The molecule has 6 heteroatoms. The molecule has 0 aliphatic carbocycles. The van der Waals surface area contributed by atoms with Gasteiger partial charge in [0, 0.05) is 43.5 Å². The third-order valence-electron chi connectivity index (χ3n) is 4.30. The number of nitrogens with zero attached hydrogens (tertiary/aromatic N) is 2. The van der Waals surface area contributed by atoms with Gasteiger partial charge < -0.3 is 4.90 Å². The minimum atomic E-state index is -2.84. The SMILES string of the molecule is C[C@H](c1ccc(Cl)cc1)N1CCN(CCCS(C)(=O)=O)CC1. The molecule has 0 saturated carbocycles. The number of benzene rings is 1. The summed E-state index contributed by atoms with van der Waals surface area (Å²) < 4.78 is 22.3. The largest absolute Gasteiger partial charge is 0.301 e. The van der Waals surface area contributed by atoms with E-state index >= 15 is 0 Å². The van der Waals surface area contributed by atoms with Crippen molar-refractivity contribution in [2.24, 2.45) is 0 Å². The van der Waals surface area contributed by atoms with Gasteiger partial charge in [-0.05, 0) is 37.6 Å². The van der Waals surface area contributed by atoms with Gasteiger partial charge in [-0.1, -0.05) is 23.7 Å². The van der Waals surface area contributed by atoms with E-state index in [0.717, 1.165) is 44.2 Å². The zero-order valence-electron chi connectivity index (χ0n) is 13.3. The van der Waals surface area contributed by atoms with Crippen molar-refractivity contribution >= 4 is 21.4 Å². The molecule has 0 unspecified atom stereocenters. The highest BCUT2D eigenvalue weighted by atomic mass is 35.5. The van der Waals surface area contributed by atoms with Gasteiger partial charge in [-0.15, -0.1) is 0 Å². The first kappa shape index (κ1) is 17.7. The zero-order chi connectivity index (χ0) is 16.2. The lowest BCUT2D eigenvalue weighted by Crippen LogP contribution is -2.47. The van der Waals surface area contributed by atoms with E-state index in [1.807, 2.05) is 12.1 Å². The van der Waals surface area contributed by atoms with Crippen molar-refractivity contribution in [1.82, 2.24) is 9.80 Å². The number of halogens is 1. The van der Waals surface area contributed by atoms with Gasteiger partial charge in [-0.3, -0.25) is 4.90 Å². The Morgan fingerprint density at radius 3 is 2.27 bits per heavy atom. The van der Waals surface area contributed by atoms with Gasteiger partial charge in [-0.2, -0.15) is 0 Å². The summed E-state index contributed by atoms with van der Waals surface area (Å²) in [5, 5.41) is 0.770. The van der Waals surface area contributed by atoms with Crippen molar-refractivity contribution < 1.29 is 8.42 Å². The van der Waals surface area contributed by atoms with Gasteiger partial charge >= 0.3 is 0 Å². The Bertz CT molecular complexity index is 566. The monoisotopic (exact) mass is 344 g/mol. The molecule has 2 rings (SSSR count). The Balaban J connectivity index is 1.78. The molecule has 1 fully saturated rings. The quantitative estimate of drug-likeness (QED) is 0.794. The molecule has 1 heterocycles. The minimum absolute atomic E-state index is 0.286. The Morgan fingerprint density at radius 2 is 1.73 bits per heavy atom. The molecular weight excluding hydrogens is 320 g/mol. The van der Waals surface area contributed by atoms with Crippen LogP contribution < -0.4 is 0 Å². The van der Waals surface area contributed by atoms with Crippen LogP contribution in [0.5, 0.6) is 0 Å². The molecule has 0 bridgehead atoms. The highest BCUT2D eigenvalue weighted by molar-refractivity contribution is 7.90. The first-order valence-corrected chi connectivity index (χ1v) is 10.2. The van der Waals surface area contributed by atoms with Crippen LogP contribution in [-0.4, -0.2) is 63.0 Å². The van der Waals surface area contributed by atoms with Crippen molar-refractivity contribution in [3.8, 4) is 0 Å². The molecule has 1 aliphatic heterocycles. The molecule has 1 saturated heterocycles. The molecule has 124 valence electrons. The molecule has 0 amide bonds. The maximum atomic E-state index is 11.2. The van der Waals surface area contributed by atoms with Crippen LogP contribution in [0.2, 0.25) is 5.02 Å². The highest BCUT2D eigenvalue weighted by Crippen LogP contribution is 2.23. The second-order valence-electron chi connectivity index (χ2n) is 6.09. The fourth-order valence-corrected chi connectivity index (χ4v) is 3.66. The van der Waals surface area contributed by atoms with Gasteiger partial charge in [0.2, 0.25) is 0 Å². The first-order valence-electron chi connectivity index (χ1n) is 7.75. The molecule has 0 N–H and O–H groups in total. The summed E-state index contributed by atoms with van der Waals surface area (Å²) in [5.74, 6) is 0.286. The fraction of sp³-hybridized carbons (Fsp3) is 0.625. The van der Waals surface area contributed by atoms with Gasteiger partial charge in [0.1, 0.15) is 9.84 Å². The standard InChI is InChI=1S/C16H25ClN2O2S/c1-14(15-4-6-16(17)7-5-15)19-11-9-18(10-12-19)8-3-13-22(2,20)21/h4-7,14H,3,8-13H2,1-2H3/t14-/m1/s1. The van der Waals surface area contributed by atoms with Crippen molar-refractivity contribution in [3.05, 3.63) is 34.9 Å². The first-order chi connectivity index (χ1) is 10.3. The third kappa shape index (κ3) is 5.54. The molecule has 0 spiro atoms. The van der Waals surface area contributed by atoms with E-state index < -0.39 is 9.84 Å². The normalized spacial score (nSPS) is 19.2. The number of hydrogen-bond donors (Lipinski definition) is 0. The molecule has 0 aromatic heterocycles. The second-order valence-corrected chi connectivity index (χ2v) is 8.78. The molecule has 4 nitrogen and oxygen atoms in total. The van der Waals surface area contributed by atoms with Crippen LogP contribution >= 0.6 is 11.6 Å². The summed E-state index contributed by atoms with van der Waals surface area (Å²) in [6.07, 6.45) is 2.03. The Kier molecular flexibility index (Phi) is 6.26. The predicted molar refractivity (Wildman–Crippen MR) is 92.2 cm³/mol. The lowest BCUT2D eigenvalue weighted by Gasteiger charge is -2.38. The maximum absolute atomic E-state index is 11.2. The fourth-order valence-electron chi connectivity index (χ4n) is 2.88. The van der Waals surface area contributed by atoms with Crippen LogP contribution in [0.15, 0.2) is 24.3 Å². The summed E-state index contributed by atoms with van der Waals surface area (Å²) in [6.45, 7) is 7.13. The van der Waals surface area contributed by atoms with Crippen LogP contribution in [0.4, 0.5) is 0 Å². The molecule has 1 atom stereocenters. The average Bonchev–Trinajstić information content (AvgIpc) is 2.47. The molecule has 0 radical (unpaired) electrons. The number of hydrogen-bond acceptors (Lipinski definition) is 4. The van der Waals surface area contributed by atoms with Gasteiger partial charge in [0.25, 0.3) is 0 Å². The minimum Gasteiger partial charge on any atom is -0.301 e. The average molecular weight is 345 g/mol. The third-order valence-corrected chi connectivity index (χ3v) is 5.58. The molecular formula is C16H25ClN2O2S. The van der Waals surface area contributed by atoms with Crippen LogP contribution in [-0.2, 0) is 9.84 Å². The second kappa shape index (κ2) is 7.77. The summed E-state index contributed by atoms with van der Waals surface area (Å²) in [4.78, 5) is 4.83. The van der Waals surface area contributed by atoms with Gasteiger partial charge in [-0.25, -0.2) is 8.42 Å². The lowest BCUT2D eigenvalue weighted by molar-refractivity contribution is 0.103. The smallest absolute Gasteiger partial charge is 0.147 e. The summed E-state index contributed by atoms with van der Waals surface area (Å²) in [7, 11) is -2.84. The van der Waals surface area contributed by atoms with E-state index in [9.17, 15) is 8.42 Å². The number of piperazine rings is 1.